The summed E-state index contributed by atoms with van der Waals surface area (Å²) in [6, 6.07) is 9.90. The Morgan fingerprint density at radius 2 is 2.00 bits per heavy atom. The molecule has 2 N–H and O–H groups in total. The number of fused-ring (bicyclic) bond motifs is 2. The normalized spacial score (nSPS) is 28.6. The first-order chi connectivity index (χ1) is 9.65. The second-order valence-corrected chi connectivity index (χ2v) is 7.08. The second kappa shape index (κ2) is 4.30. The van der Waals surface area contributed by atoms with Crippen LogP contribution in [0.1, 0.15) is 52.5 Å². The summed E-state index contributed by atoms with van der Waals surface area (Å²) < 4.78 is 0. The van der Waals surface area contributed by atoms with Crippen LogP contribution in [0.2, 0.25) is 0 Å². The Hall–Kier alpha value is -1.39. The van der Waals surface area contributed by atoms with Crippen LogP contribution in [0.4, 0.5) is 5.13 Å². The quantitative estimate of drug-likeness (QED) is 0.870. The molecule has 2 bridgehead atoms. The molecular formula is C16H19N3S. The number of rotatable bonds is 1. The maximum absolute atomic E-state index is 5.95. The van der Waals surface area contributed by atoms with Crippen LogP contribution in [-0.4, -0.2) is 16.9 Å². The molecule has 3 aliphatic rings. The molecular weight excluding hydrogens is 266 g/mol. The molecule has 3 unspecified atom stereocenters. The molecule has 1 fully saturated rings. The zero-order valence-electron chi connectivity index (χ0n) is 11.8. The van der Waals surface area contributed by atoms with Crippen molar-refractivity contribution < 1.29 is 0 Å². The van der Waals surface area contributed by atoms with Gasteiger partial charge in [-0.15, -0.1) is 11.3 Å². The highest BCUT2D eigenvalue weighted by molar-refractivity contribution is 7.15. The average Bonchev–Trinajstić information content (AvgIpc) is 2.83. The number of likely N-dealkylation sites (N-methyl/N-ethyl adjacent to an activating group) is 1. The van der Waals surface area contributed by atoms with Gasteiger partial charge < -0.3 is 5.73 Å². The van der Waals surface area contributed by atoms with Gasteiger partial charge in [0.15, 0.2) is 5.13 Å². The smallest absolute Gasteiger partial charge is 0.180 e. The summed E-state index contributed by atoms with van der Waals surface area (Å²) in [5.41, 5.74) is 9.94. The Kier molecular flexibility index (Phi) is 2.66. The van der Waals surface area contributed by atoms with E-state index in [1.54, 1.807) is 11.3 Å². The number of nitrogens with two attached hydrogens (primary N) is 1. The standard InChI is InChI=1S/C16H19N3S/c1-9-3-5-10(6-4-9)14-11-7-8-12(19(14)2)15-13(11)18-16(17)20-15/h3-6,11-12,14H,7-8H2,1-2H3,(H2,17,18). The number of nitrogens with zero attached hydrogens (tertiary/aromatic N) is 2. The molecule has 104 valence electrons. The molecule has 0 saturated carbocycles. The molecule has 4 heteroatoms. The number of hydrogen-bond acceptors (Lipinski definition) is 4. The minimum absolute atomic E-state index is 0.448. The Labute approximate surface area is 123 Å². The number of nitrogen functional groups attached to an aromatic ring is 1. The van der Waals surface area contributed by atoms with Crippen molar-refractivity contribution in [2.75, 3.05) is 12.8 Å². The van der Waals surface area contributed by atoms with Crippen LogP contribution in [0.5, 0.6) is 0 Å². The summed E-state index contributed by atoms with van der Waals surface area (Å²) in [5, 5.41) is 0.727. The lowest BCUT2D eigenvalue weighted by Gasteiger charge is -2.48. The Morgan fingerprint density at radius 3 is 2.75 bits per heavy atom. The fourth-order valence-corrected chi connectivity index (χ4v) is 4.97. The number of aromatic nitrogens is 1. The van der Waals surface area contributed by atoms with Crippen LogP contribution in [0.15, 0.2) is 24.3 Å². The highest BCUT2D eigenvalue weighted by Gasteiger charge is 2.46. The van der Waals surface area contributed by atoms with E-state index < -0.39 is 0 Å². The molecule has 0 radical (unpaired) electrons. The Bertz CT molecular complexity index is 646. The Balaban J connectivity index is 1.81. The van der Waals surface area contributed by atoms with E-state index >= 15 is 0 Å². The van der Waals surface area contributed by atoms with Gasteiger partial charge in [-0.25, -0.2) is 4.98 Å². The third-order valence-corrected chi connectivity index (χ3v) is 5.83. The molecule has 1 aromatic heterocycles. The van der Waals surface area contributed by atoms with E-state index in [4.69, 9.17) is 5.73 Å². The third kappa shape index (κ3) is 1.64. The van der Waals surface area contributed by atoms with Crippen LogP contribution in [0.25, 0.3) is 0 Å². The molecule has 1 aliphatic carbocycles. The van der Waals surface area contributed by atoms with Gasteiger partial charge in [-0.2, -0.15) is 0 Å². The number of piperidine rings is 1. The van der Waals surface area contributed by atoms with Crippen molar-refractivity contribution in [2.45, 2.75) is 37.8 Å². The predicted molar refractivity (Wildman–Crippen MR) is 82.9 cm³/mol. The maximum Gasteiger partial charge on any atom is 0.180 e. The lowest BCUT2D eigenvalue weighted by molar-refractivity contribution is 0.0747. The summed E-state index contributed by atoms with van der Waals surface area (Å²) in [4.78, 5) is 8.56. The minimum Gasteiger partial charge on any atom is -0.375 e. The summed E-state index contributed by atoms with van der Waals surface area (Å²) in [6.45, 7) is 2.14. The molecule has 3 nitrogen and oxygen atoms in total. The fourth-order valence-electron chi connectivity index (χ4n) is 3.88. The van der Waals surface area contributed by atoms with Crippen molar-refractivity contribution in [1.82, 2.24) is 9.88 Å². The number of benzene rings is 1. The molecule has 5 rings (SSSR count). The van der Waals surface area contributed by atoms with Gasteiger partial charge in [-0.05, 0) is 32.4 Å². The first-order valence-electron chi connectivity index (χ1n) is 7.19. The highest BCUT2D eigenvalue weighted by atomic mass is 32.1. The summed E-state index contributed by atoms with van der Waals surface area (Å²) in [7, 11) is 2.25. The molecule has 1 saturated heterocycles. The second-order valence-electron chi connectivity index (χ2n) is 6.02. The summed E-state index contributed by atoms with van der Waals surface area (Å²) >= 11 is 1.68. The number of thiazole rings is 1. The monoisotopic (exact) mass is 285 g/mol. The SMILES string of the molecule is Cc1ccc(C2C3CCC(c4sc(N)nc43)N2C)cc1. The maximum atomic E-state index is 5.95. The fraction of sp³-hybridized carbons (Fsp3) is 0.438. The van der Waals surface area contributed by atoms with Gasteiger partial charge >= 0.3 is 0 Å². The largest absolute Gasteiger partial charge is 0.375 e. The number of hydrogen-bond donors (Lipinski definition) is 1. The lowest BCUT2D eigenvalue weighted by atomic mass is 9.74. The minimum atomic E-state index is 0.448. The molecule has 20 heavy (non-hydrogen) atoms. The molecule has 2 aromatic rings. The van der Waals surface area contributed by atoms with E-state index in [-0.39, 0.29) is 0 Å². The number of anilines is 1. The third-order valence-electron chi connectivity index (χ3n) is 4.83. The molecule has 3 heterocycles. The molecule has 3 atom stereocenters. The zero-order valence-corrected chi connectivity index (χ0v) is 12.7. The van der Waals surface area contributed by atoms with E-state index in [2.05, 4.69) is 48.1 Å². The molecule has 0 spiro atoms. The number of aryl methyl sites for hydroxylation is 1. The van der Waals surface area contributed by atoms with Crippen LogP contribution in [0, 0.1) is 6.92 Å². The van der Waals surface area contributed by atoms with Crippen molar-refractivity contribution in [1.29, 1.82) is 0 Å². The first kappa shape index (κ1) is 12.4. The summed E-state index contributed by atoms with van der Waals surface area (Å²) in [6.07, 6.45) is 2.46. The van der Waals surface area contributed by atoms with Crippen molar-refractivity contribution >= 4 is 16.5 Å². The summed E-state index contributed by atoms with van der Waals surface area (Å²) in [5.74, 6) is 0.497. The van der Waals surface area contributed by atoms with E-state index in [1.165, 1.54) is 34.5 Å². The van der Waals surface area contributed by atoms with E-state index in [0.29, 0.717) is 18.0 Å². The van der Waals surface area contributed by atoms with Gasteiger partial charge in [0.2, 0.25) is 0 Å². The van der Waals surface area contributed by atoms with E-state index in [0.717, 1.165) is 5.13 Å². The molecule has 0 amide bonds. The van der Waals surface area contributed by atoms with Crippen molar-refractivity contribution in [3.05, 3.63) is 46.0 Å². The van der Waals surface area contributed by atoms with Gasteiger partial charge in [0.25, 0.3) is 0 Å². The van der Waals surface area contributed by atoms with Gasteiger partial charge in [-0.3, -0.25) is 4.90 Å². The van der Waals surface area contributed by atoms with Crippen molar-refractivity contribution in [2.24, 2.45) is 0 Å². The molecule has 1 aromatic carbocycles. The van der Waals surface area contributed by atoms with Gasteiger partial charge in [0.1, 0.15) is 0 Å². The lowest BCUT2D eigenvalue weighted by Crippen LogP contribution is -2.42. The molecule has 2 aliphatic heterocycles. The van der Waals surface area contributed by atoms with Gasteiger partial charge in [0, 0.05) is 22.9 Å². The van der Waals surface area contributed by atoms with Crippen LogP contribution < -0.4 is 5.73 Å². The topological polar surface area (TPSA) is 42.1 Å². The van der Waals surface area contributed by atoms with Crippen molar-refractivity contribution in [3.63, 3.8) is 0 Å². The average molecular weight is 285 g/mol. The zero-order chi connectivity index (χ0) is 13.9. The predicted octanol–water partition coefficient (Wildman–Crippen LogP) is 3.64. The van der Waals surface area contributed by atoms with Gasteiger partial charge in [-0.1, -0.05) is 29.8 Å². The van der Waals surface area contributed by atoms with E-state index in [1.807, 2.05) is 0 Å². The van der Waals surface area contributed by atoms with Crippen molar-refractivity contribution in [3.8, 4) is 0 Å². The Morgan fingerprint density at radius 1 is 1.25 bits per heavy atom. The van der Waals surface area contributed by atoms with Crippen LogP contribution in [-0.2, 0) is 0 Å². The first-order valence-corrected chi connectivity index (χ1v) is 8.01. The highest BCUT2D eigenvalue weighted by Crippen LogP contribution is 2.56. The van der Waals surface area contributed by atoms with Gasteiger partial charge in [0.05, 0.1) is 5.69 Å². The van der Waals surface area contributed by atoms with Crippen LogP contribution >= 0.6 is 11.3 Å². The van der Waals surface area contributed by atoms with E-state index in [9.17, 15) is 0 Å². The van der Waals surface area contributed by atoms with Crippen LogP contribution in [0.3, 0.4) is 0 Å².